The van der Waals surface area contributed by atoms with Gasteiger partial charge in [-0.05, 0) is 55.7 Å². The van der Waals surface area contributed by atoms with E-state index in [1.807, 2.05) is 0 Å². The number of nitrogens with zero attached hydrogens (tertiary/aromatic N) is 2. The first-order valence-corrected chi connectivity index (χ1v) is 11.9. The molecule has 32 heavy (non-hydrogen) atoms. The number of sulfonamides is 1. The van der Waals surface area contributed by atoms with Crippen LogP contribution in [0, 0.1) is 6.92 Å². The zero-order valence-corrected chi connectivity index (χ0v) is 18.6. The first-order chi connectivity index (χ1) is 15.2. The number of hydrogen-bond donors (Lipinski definition) is 3. The normalized spacial score (nSPS) is 17.1. The third kappa shape index (κ3) is 4.86. The number of rotatable bonds is 5. The number of phenolic OH excluding ortho intramolecular Hbond substituents is 1. The standard InChI is InChI=1S/C22H26N4O5S/c1-15-5-8-19(27)20(13-15)32(30,31)26-11-9-25(10-12-26)21(28)16-3-2-4-18(14-16)24-22(29)23-17-6-7-17/h2-5,8,13-14,17,27H,6-7,9-12H2,1H3,(H2,23,24,29). The largest absolute Gasteiger partial charge is 0.507 e. The topological polar surface area (TPSA) is 119 Å². The Bertz CT molecular complexity index is 1140. The zero-order valence-electron chi connectivity index (χ0n) is 17.7. The number of anilines is 1. The highest BCUT2D eigenvalue weighted by Crippen LogP contribution is 2.27. The molecular formula is C22H26N4O5S. The van der Waals surface area contributed by atoms with Gasteiger partial charge in [0.1, 0.15) is 10.6 Å². The second kappa shape index (κ2) is 8.79. The van der Waals surface area contributed by atoms with Crippen LogP contribution < -0.4 is 10.6 Å². The molecule has 2 aromatic rings. The first-order valence-electron chi connectivity index (χ1n) is 10.5. The van der Waals surface area contributed by atoms with Crippen molar-refractivity contribution in [3.63, 3.8) is 0 Å². The van der Waals surface area contributed by atoms with Crippen LogP contribution in [0.3, 0.4) is 0 Å². The summed E-state index contributed by atoms with van der Waals surface area (Å²) in [6.45, 7) is 2.47. The lowest BCUT2D eigenvalue weighted by Gasteiger charge is -2.34. The van der Waals surface area contributed by atoms with Crippen molar-refractivity contribution < 1.29 is 23.1 Å². The van der Waals surface area contributed by atoms with Gasteiger partial charge in [-0.2, -0.15) is 4.31 Å². The first kappa shape index (κ1) is 22.1. The molecule has 3 amide bonds. The fourth-order valence-electron chi connectivity index (χ4n) is 3.59. The average molecular weight is 459 g/mol. The SMILES string of the molecule is Cc1ccc(O)c(S(=O)(=O)N2CCN(C(=O)c3cccc(NC(=O)NC4CC4)c3)CC2)c1. The number of carbonyl (C=O) groups excluding carboxylic acids is 2. The van der Waals surface area contributed by atoms with Crippen molar-refractivity contribution >= 4 is 27.6 Å². The van der Waals surface area contributed by atoms with E-state index in [0.29, 0.717) is 11.3 Å². The lowest BCUT2D eigenvalue weighted by molar-refractivity contribution is 0.0697. The smallest absolute Gasteiger partial charge is 0.319 e. The van der Waals surface area contributed by atoms with Crippen LogP contribution in [0.15, 0.2) is 47.4 Å². The number of carbonyl (C=O) groups is 2. The highest BCUT2D eigenvalue weighted by atomic mass is 32.2. The number of aryl methyl sites for hydroxylation is 1. The third-order valence-electron chi connectivity index (χ3n) is 5.54. The molecule has 0 spiro atoms. The molecular weight excluding hydrogens is 432 g/mol. The highest BCUT2D eigenvalue weighted by molar-refractivity contribution is 7.89. The van der Waals surface area contributed by atoms with E-state index in [1.165, 1.54) is 16.4 Å². The maximum Gasteiger partial charge on any atom is 0.319 e. The maximum atomic E-state index is 13.0. The molecule has 1 saturated heterocycles. The Labute approximate surface area is 187 Å². The summed E-state index contributed by atoms with van der Waals surface area (Å²) in [6.07, 6.45) is 1.97. The number of aromatic hydroxyl groups is 1. The van der Waals surface area contributed by atoms with Crippen LogP contribution in [-0.4, -0.2) is 66.9 Å². The summed E-state index contributed by atoms with van der Waals surface area (Å²) in [5.74, 6) is -0.518. The van der Waals surface area contributed by atoms with Gasteiger partial charge in [-0.1, -0.05) is 12.1 Å². The summed E-state index contributed by atoms with van der Waals surface area (Å²) in [6, 6.07) is 11.1. The molecule has 0 radical (unpaired) electrons. The summed E-state index contributed by atoms with van der Waals surface area (Å²) in [5, 5.41) is 15.6. The minimum Gasteiger partial charge on any atom is -0.507 e. The molecule has 0 aromatic heterocycles. The summed E-state index contributed by atoms with van der Waals surface area (Å²) < 4.78 is 27.2. The number of amides is 3. The van der Waals surface area contributed by atoms with Crippen LogP contribution in [-0.2, 0) is 10.0 Å². The Hall–Kier alpha value is -3.11. The molecule has 1 saturated carbocycles. The van der Waals surface area contributed by atoms with E-state index >= 15 is 0 Å². The Kier molecular flexibility index (Phi) is 6.07. The molecule has 2 aromatic carbocycles. The zero-order chi connectivity index (χ0) is 22.9. The fraction of sp³-hybridized carbons (Fsp3) is 0.364. The van der Waals surface area contributed by atoms with Gasteiger partial charge >= 0.3 is 6.03 Å². The van der Waals surface area contributed by atoms with Crippen molar-refractivity contribution in [2.75, 3.05) is 31.5 Å². The van der Waals surface area contributed by atoms with E-state index < -0.39 is 10.0 Å². The Morgan fingerprint density at radius 3 is 2.44 bits per heavy atom. The second-order valence-electron chi connectivity index (χ2n) is 8.12. The lowest BCUT2D eigenvalue weighted by Crippen LogP contribution is -2.50. The maximum absolute atomic E-state index is 13.0. The molecule has 0 unspecified atom stereocenters. The van der Waals surface area contributed by atoms with Crippen molar-refractivity contribution in [2.24, 2.45) is 0 Å². The molecule has 2 aliphatic rings. The van der Waals surface area contributed by atoms with Gasteiger partial charge < -0.3 is 20.6 Å². The number of hydrogen-bond acceptors (Lipinski definition) is 5. The minimum absolute atomic E-state index is 0.125. The van der Waals surface area contributed by atoms with Crippen molar-refractivity contribution in [3.8, 4) is 5.75 Å². The van der Waals surface area contributed by atoms with Gasteiger partial charge in [-0.25, -0.2) is 13.2 Å². The summed E-state index contributed by atoms with van der Waals surface area (Å²) >= 11 is 0. The van der Waals surface area contributed by atoms with Gasteiger partial charge in [0.25, 0.3) is 5.91 Å². The van der Waals surface area contributed by atoms with Crippen molar-refractivity contribution in [1.29, 1.82) is 0 Å². The van der Waals surface area contributed by atoms with E-state index in [1.54, 1.807) is 42.2 Å². The molecule has 1 aliphatic heterocycles. The van der Waals surface area contributed by atoms with Crippen LogP contribution in [0.5, 0.6) is 5.75 Å². The molecule has 1 aliphatic carbocycles. The van der Waals surface area contributed by atoms with Crippen LogP contribution >= 0.6 is 0 Å². The average Bonchev–Trinajstić information content (AvgIpc) is 3.59. The molecule has 170 valence electrons. The third-order valence-corrected chi connectivity index (χ3v) is 7.47. The molecule has 0 atom stereocenters. The van der Waals surface area contributed by atoms with Crippen molar-refractivity contribution in [1.82, 2.24) is 14.5 Å². The van der Waals surface area contributed by atoms with Gasteiger partial charge in [0.15, 0.2) is 0 Å². The van der Waals surface area contributed by atoms with Gasteiger partial charge in [0, 0.05) is 43.5 Å². The van der Waals surface area contributed by atoms with Crippen LogP contribution in [0.25, 0.3) is 0 Å². The minimum atomic E-state index is -3.86. The van der Waals surface area contributed by atoms with E-state index in [9.17, 15) is 23.1 Å². The van der Waals surface area contributed by atoms with Gasteiger partial charge in [0.2, 0.25) is 10.0 Å². The Morgan fingerprint density at radius 2 is 1.75 bits per heavy atom. The Balaban J connectivity index is 1.39. The molecule has 0 bridgehead atoms. The van der Waals surface area contributed by atoms with Gasteiger partial charge in [-0.15, -0.1) is 0 Å². The summed E-state index contributed by atoms with van der Waals surface area (Å²) in [5.41, 5.74) is 1.67. The van der Waals surface area contributed by atoms with E-state index in [4.69, 9.17) is 0 Å². The predicted molar refractivity (Wildman–Crippen MR) is 119 cm³/mol. The number of benzene rings is 2. The molecule has 1 heterocycles. The van der Waals surface area contributed by atoms with Crippen molar-refractivity contribution in [3.05, 3.63) is 53.6 Å². The summed E-state index contributed by atoms with van der Waals surface area (Å²) in [7, 11) is -3.86. The van der Waals surface area contributed by atoms with E-state index in [2.05, 4.69) is 10.6 Å². The van der Waals surface area contributed by atoms with Gasteiger partial charge in [-0.3, -0.25) is 4.79 Å². The van der Waals surface area contributed by atoms with E-state index in [0.717, 1.165) is 18.4 Å². The molecule has 3 N–H and O–H groups in total. The Morgan fingerprint density at radius 1 is 1.03 bits per heavy atom. The number of phenols is 1. The van der Waals surface area contributed by atoms with Crippen molar-refractivity contribution in [2.45, 2.75) is 30.7 Å². The van der Waals surface area contributed by atoms with Crippen LogP contribution in [0.4, 0.5) is 10.5 Å². The van der Waals surface area contributed by atoms with Crippen LogP contribution in [0.1, 0.15) is 28.8 Å². The number of piperazine rings is 1. The lowest BCUT2D eigenvalue weighted by atomic mass is 10.1. The highest BCUT2D eigenvalue weighted by Gasteiger charge is 2.32. The van der Waals surface area contributed by atoms with Gasteiger partial charge in [0.05, 0.1) is 0 Å². The molecule has 10 heteroatoms. The summed E-state index contributed by atoms with van der Waals surface area (Å²) in [4.78, 5) is 26.3. The predicted octanol–water partition coefficient (Wildman–Crippen LogP) is 2.13. The molecule has 2 fully saturated rings. The molecule has 4 rings (SSSR count). The van der Waals surface area contributed by atoms with E-state index in [-0.39, 0.29) is 54.8 Å². The fourth-order valence-corrected chi connectivity index (χ4v) is 5.18. The quantitative estimate of drug-likeness (QED) is 0.634. The second-order valence-corrected chi connectivity index (χ2v) is 10.0. The number of urea groups is 1. The molecule has 9 nitrogen and oxygen atoms in total. The number of nitrogens with one attached hydrogen (secondary N) is 2. The van der Waals surface area contributed by atoms with Crippen LogP contribution in [0.2, 0.25) is 0 Å². The monoisotopic (exact) mass is 458 g/mol.